The molecule has 1 amide bonds. The minimum absolute atomic E-state index is 0.0379. The molecule has 2 N–H and O–H groups in total. The van der Waals surface area contributed by atoms with Gasteiger partial charge in [0.1, 0.15) is 11.3 Å². The van der Waals surface area contributed by atoms with E-state index in [0.717, 1.165) is 0 Å². The first kappa shape index (κ1) is 14.4. The second kappa shape index (κ2) is 6.42. The third-order valence-corrected chi connectivity index (χ3v) is 2.64. The second-order valence-corrected chi connectivity index (χ2v) is 4.03. The van der Waals surface area contributed by atoms with Gasteiger partial charge in [0, 0.05) is 18.9 Å². The maximum Gasteiger partial charge on any atom is 0.305 e. The molecule has 0 bridgehead atoms. The van der Waals surface area contributed by atoms with Gasteiger partial charge >= 0.3 is 5.69 Å². The number of carbonyl (C=O) groups excluding carboxylic acids is 1. The van der Waals surface area contributed by atoms with Crippen LogP contribution >= 0.6 is 0 Å². The molecule has 1 heterocycles. The minimum Gasteiger partial charge on any atom is -0.380 e. The summed E-state index contributed by atoms with van der Waals surface area (Å²) in [5, 5.41) is 16.6. The van der Waals surface area contributed by atoms with E-state index in [1.165, 1.54) is 24.7 Å². The summed E-state index contributed by atoms with van der Waals surface area (Å²) in [6, 6.07) is 4.53. The standard InChI is InChI=1S/C13H13N5O3/c1-2-15-10-5-3-4-9(12(10)18(20)21)13(19)17-11-8-14-6-7-16-11/h3-8,15H,2H2,1H3,(H,16,17,19). The number of nitro groups is 1. The van der Waals surface area contributed by atoms with Gasteiger partial charge in [-0.1, -0.05) is 6.07 Å². The summed E-state index contributed by atoms with van der Waals surface area (Å²) < 4.78 is 0. The van der Waals surface area contributed by atoms with Crippen LogP contribution in [0.5, 0.6) is 0 Å². The predicted octanol–water partition coefficient (Wildman–Crippen LogP) is 2.07. The molecule has 8 heteroatoms. The van der Waals surface area contributed by atoms with Gasteiger partial charge in [0.2, 0.25) is 0 Å². The van der Waals surface area contributed by atoms with Gasteiger partial charge in [-0.25, -0.2) is 4.98 Å². The van der Waals surface area contributed by atoms with Crippen molar-refractivity contribution in [2.45, 2.75) is 6.92 Å². The highest BCUT2D eigenvalue weighted by Gasteiger charge is 2.24. The molecule has 8 nitrogen and oxygen atoms in total. The molecule has 1 aromatic carbocycles. The normalized spacial score (nSPS) is 9.95. The van der Waals surface area contributed by atoms with Gasteiger partial charge in [0.15, 0.2) is 5.82 Å². The van der Waals surface area contributed by atoms with Crippen LogP contribution in [0.3, 0.4) is 0 Å². The number of benzene rings is 1. The Bertz CT molecular complexity index is 660. The van der Waals surface area contributed by atoms with E-state index in [0.29, 0.717) is 12.2 Å². The van der Waals surface area contributed by atoms with E-state index in [2.05, 4.69) is 20.6 Å². The molecule has 0 aliphatic carbocycles. The molecule has 0 radical (unpaired) electrons. The van der Waals surface area contributed by atoms with Gasteiger partial charge in [0.05, 0.1) is 11.1 Å². The van der Waals surface area contributed by atoms with Crippen molar-refractivity contribution < 1.29 is 9.72 Å². The lowest BCUT2D eigenvalue weighted by molar-refractivity contribution is -0.384. The fourth-order valence-corrected chi connectivity index (χ4v) is 1.80. The highest BCUT2D eigenvalue weighted by molar-refractivity contribution is 6.08. The molecule has 0 atom stereocenters. The van der Waals surface area contributed by atoms with E-state index in [9.17, 15) is 14.9 Å². The monoisotopic (exact) mass is 287 g/mol. The Hall–Kier alpha value is -3.03. The summed E-state index contributed by atoms with van der Waals surface area (Å²) in [7, 11) is 0. The fraction of sp³-hybridized carbons (Fsp3) is 0.154. The van der Waals surface area contributed by atoms with Gasteiger partial charge in [-0.2, -0.15) is 0 Å². The largest absolute Gasteiger partial charge is 0.380 e. The summed E-state index contributed by atoms with van der Waals surface area (Å²) in [5.41, 5.74) is -0.000797. The number of anilines is 2. The molecule has 0 saturated carbocycles. The lowest BCUT2D eigenvalue weighted by atomic mass is 10.1. The van der Waals surface area contributed by atoms with Crippen LogP contribution < -0.4 is 10.6 Å². The predicted molar refractivity (Wildman–Crippen MR) is 77.2 cm³/mol. The van der Waals surface area contributed by atoms with E-state index in [4.69, 9.17) is 0 Å². The molecular weight excluding hydrogens is 274 g/mol. The lowest BCUT2D eigenvalue weighted by Crippen LogP contribution is -2.16. The highest BCUT2D eigenvalue weighted by Crippen LogP contribution is 2.29. The number of nitro benzene ring substituents is 1. The third-order valence-electron chi connectivity index (χ3n) is 2.64. The zero-order valence-corrected chi connectivity index (χ0v) is 11.2. The molecule has 0 spiro atoms. The quantitative estimate of drug-likeness (QED) is 0.643. The molecule has 108 valence electrons. The molecule has 0 unspecified atom stereocenters. The van der Waals surface area contributed by atoms with E-state index < -0.39 is 10.8 Å². The van der Waals surface area contributed by atoms with Gasteiger partial charge in [-0.05, 0) is 19.1 Å². The molecule has 21 heavy (non-hydrogen) atoms. The van der Waals surface area contributed by atoms with Crippen LogP contribution in [0, 0.1) is 10.1 Å². The Morgan fingerprint density at radius 1 is 1.38 bits per heavy atom. The summed E-state index contributed by atoms with van der Waals surface area (Å²) in [4.78, 5) is 30.5. The van der Waals surface area contributed by atoms with Crippen molar-refractivity contribution >= 4 is 23.1 Å². The molecular formula is C13H13N5O3. The smallest absolute Gasteiger partial charge is 0.305 e. The van der Waals surface area contributed by atoms with E-state index >= 15 is 0 Å². The van der Waals surface area contributed by atoms with Crippen LogP contribution in [0.4, 0.5) is 17.2 Å². The van der Waals surface area contributed by atoms with Gasteiger partial charge < -0.3 is 10.6 Å². The molecule has 2 rings (SSSR count). The first-order valence-electron chi connectivity index (χ1n) is 6.22. The first-order valence-corrected chi connectivity index (χ1v) is 6.22. The Kier molecular flexibility index (Phi) is 4.39. The number of nitrogens with zero attached hydrogens (tertiary/aromatic N) is 3. The number of carbonyl (C=O) groups is 1. The van der Waals surface area contributed by atoms with E-state index in [-0.39, 0.29) is 17.1 Å². The van der Waals surface area contributed by atoms with Crippen molar-refractivity contribution in [2.75, 3.05) is 17.2 Å². The maximum absolute atomic E-state index is 12.2. The summed E-state index contributed by atoms with van der Waals surface area (Å²) in [5.74, 6) is -0.382. The van der Waals surface area contributed by atoms with Crippen molar-refractivity contribution in [1.29, 1.82) is 0 Å². The zero-order chi connectivity index (χ0) is 15.2. The number of para-hydroxylation sites is 1. The van der Waals surface area contributed by atoms with Crippen LogP contribution in [-0.2, 0) is 0 Å². The van der Waals surface area contributed by atoms with Gasteiger partial charge in [0.25, 0.3) is 5.91 Å². The molecule has 2 aromatic rings. The van der Waals surface area contributed by atoms with Crippen molar-refractivity contribution in [2.24, 2.45) is 0 Å². The van der Waals surface area contributed by atoms with E-state index in [1.54, 1.807) is 12.1 Å². The Morgan fingerprint density at radius 3 is 2.81 bits per heavy atom. The Labute approximate surface area is 120 Å². The van der Waals surface area contributed by atoms with Crippen molar-refractivity contribution in [3.8, 4) is 0 Å². The Balaban J connectivity index is 2.36. The number of aromatic nitrogens is 2. The Morgan fingerprint density at radius 2 is 2.19 bits per heavy atom. The van der Waals surface area contributed by atoms with Crippen LogP contribution in [-0.4, -0.2) is 27.3 Å². The van der Waals surface area contributed by atoms with Crippen LogP contribution in [0.1, 0.15) is 17.3 Å². The minimum atomic E-state index is -0.609. The molecule has 0 aliphatic rings. The maximum atomic E-state index is 12.2. The SMILES string of the molecule is CCNc1cccc(C(=O)Nc2cnccn2)c1[N+](=O)[O-]. The number of rotatable bonds is 5. The fourth-order valence-electron chi connectivity index (χ4n) is 1.80. The molecule has 0 fully saturated rings. The average molecular weight is 287 g/mol. The van der Waals surface area contributed by atoms with Crippen molar-refractivity contribution in [3.05, 3.63) is 52.5 Å². The van der Waals surface area contributed by atoms with Crippen LogP contribution in [0.2, 0.25) is 0 Å². The van der Waals surface area contributed by atoms with Gasteiger partial charge in [-0.15, -0.1) is 0 Å². The van der Waals surface area contributed by atoms with Crippen LogP contribution in [0.25, 0.3) is 0 Å². The van der Waals surface area contributed by atoms with E-state index in [1.807, 2.05) is 6.92 Å². The lowest BCUT2D eigenvalue weighted by Gasteiger charge is -2.08. The van der Waals surface area contributed by atoms with Crippen LogP contribution in [0.15, 0.2) is 36.8 Å². The third kappa shape index (κ3) is 3.30. The van der Waals surface area contributed by atoms with Crippen molar-refractivity contribution in [3.63, 3.8) is 0 Å². The summed E-state index contributed by atoms with van der Waals surface area (Å²) >= 11 is 0. The summed E-state index contributed by atoms with van der Waals surface area (Å²) in [6.45, 7) is 2.33. The topological polar surface area (TPSA) is 110 Å². The number of amides is 1. The highest BCUT2D eigenvalue weighted by atomic mass is 16.6. The summed E-state index contributed by atoms with van der Waals surface area (Å²) in [6.07, 6.45) is 4.24. The van der Waals surface area contributed by atoms with Crippen molar-refractivity contribution in [1.82, 2.24) is 9.97 Å². The number of hydrogen-bond acceptors (Lipinski definition) is 6. The van der Waals surface area contributed by atoms with Gasteiger partial charge in [-0.3, -0.25) is 19.9 Å². The number of nitrogens with one attached hydrogen (secondary N) is 2. The number of hydrogen-bond donors (Lipinski definition) is 2. The first-order chi connectivity index (χ1) is 10.1. The second-order valence-electron chi connectivity index (χ2n) is 4.03. The zero-order valence-electron chi connectivity index (χ0n) is 11.2. The molecule has 0 aliphatic heterocycles. The molecule has 0 saturated heterocycles. The average Bonchev–Trinajstić information content (AvgIpc) is 2.48. The molecule has 1 aromatic heterocycles.